The summed E-state index contributed by atoms with van der Waals surface area (Å²) in [6.45, 7) is 5.41. The van der Waals surface area contributed by atoms with E-state index >= 15 is 0 Å². The number of hydrogen-bond acceptors (Lipinski definition) is 7. The zero-order valence-electron chi connectivity index (χ0n) is 24.6. The Balaban J connectivity index is 1.39. The Morgan fingerprint density at radius 3 is 2.49 bits per heavy atom. The summed E-state index contributed by atoms with van der Waals surface area (Å²) < 4.78 is 64.5. The summed E-state index contributed by atoms with van der Waals surface area (Å²) in [5.41, 5.74) is 2.35. The number of hydrogen-bond donors (Lipinski definition) is 2. The van der Waals surface area contributed by atoms with Gasteiger partial charge < -0.3 is 20.1 Å². The summed E-state index contributed by atoms with van der Waals surface area (Å²) in [6, 6.07) is 13.2. The van der Waals surface area contributed by atoms with Crippen LogP contribution >= 0.6 is 0 Å². The van der Waals surface area contributed by atoms with E-state index in [9.17, 15) is 26.9 Å². The molecule has 3 heterocycles. The molecule has 1 aliphatic heterocycles. The molecule has 0 saturated carbocycles. The monoisotopic (exact) mass is 614 g/mol. The van der Waals surface area contributed by atoms with Crippen LogP contribution in [0.5, 0.6) is 0 Å². The van der Waals surface area contributed by atoms with Gasteiger partial charge in [0.25, 0.3) is 0 Å². The summed E-state index contributed by atoms with van der Waals surface area (Å²) in [5.74, 6) is 5.98. The van der Waals surface area contributed by atoms with Crippen LogP contribution in [0.15, 0.2) is 42.6 Å². The fourth-order valence-corrected chi connectivity index (χ4v) is 5.60. The summed E-state index contributed by atoms with van der Waals surface area (Å²) in [5, 5.41) is 16.6. The smallest absolute Gasteiger partial charge is 0.373 e. The van der Waals surface area contributed by atoms with Gasteiger partial charge in [-0.15, -0.1) is 0 Å². The Kier molecular flexibility index (Phi) is 10.1. The first kappa shape index (κ1) is 32.3. The van der Waals surface area contributed by atoms with Crippen LogP contribution in [-0.2, 0) is 28.3 Å². The van der Waals surface area contributed by atoms with Crippen molar-refractivity contribution < 1.29 is 21.6 Å². The van der Waals surface area contributed by atoms with Gasteiger partial charge >= 0.3 is 6.18 Å². The van der Waals surface area contributed by atoms with Gasteiger partial charge in [-0.1, -0.05) is 12.0 Å². The Morgan fingerprint density at radius 2 is 1.86 bits per heavy atom. The van der Waals surface area contributed by atoms with Crippen molar-refractivity contribution in [2.75, 3.05) is 43.5 Å². The molecule has 1 aliphatic rings. The standard InChI is InChI=1S/C31H37F3N6O2S/c1-30(2,21-35)29-9-7-26(20-38-29)36-12-4-5-27-18-24-17-23(6-8-28(24)40(27)22-31(32,33)34)19-37-25-10-13-39(14-11-25)15-16-43(3,41)42/h6-9,17-18,20,25,36-37H,10-16,19,22H2,1-3H3. The van der Waals surface area contributed by atoms with E-state index in [-0.39, 0.29) is 24.0 Å². The Labute approximate surface area is 251 Å². The van der Waals surface area contributed by atoms with Crippen LogP contribution in [-0.4, -0.2) is 73.3 Å². The van der Waals surface area contributed by atoms with Crippen LogP contribution < -0.4 is 10.6 Å². The lowest BCUT2D eigenvalue weighted by molar-refractivity contribution is -0.140. The fraction of sp³-hybridized carbons (Fsp3) is 0.484. The Bertz CT molecular complexity index is 1620. The fourth-order valence-electron chi connectivity index (χ4n) is 5.01. The molecular formula is C31H37F3N6O2S. The number of pyridine rings is 1. The molecule has 1 fully saturated rings. The number of nitrogens with zero attached hydrogens (tertiary/aromatic N) is 4. The highest BCUT2D eigenvalue weighted by atomic mass is 32.2. The zero-order chi connectivity index (χ0) is 31.3. The number of rotatable bonds is 10. The minimum atomic E-state index is -4.40. The van der Waals surface area contributed by atoms with Crippen molar-refractivity contribution >= 4 is 26.4 Å². The van der Waals surface area contributed by atoms with Crippen molar-refractivity contribution in [3.8, 4) is 17.9 Å². The molecule has 0 unspecified atom stereocenters. The number of benzene rings is 1. The summed E-state index contributed by atoms with van der Waals surface area (Å²) >= 11 is 0. The molecule has 1 aromatic carbocycles. The number of likely N-dealkylation sites (tertiary alicyclic amines) is 1. The van der Waals surface area contributed by atoms with Crippen molar-refractivity contribution in [3.63, 3.8) is 0 Å². The predicted molar refractivity (Wildman–Crippen MR) is 162 cm³/mol. The number of sulfone groups is 1. The highest BCUT2D eigenvalue weighted by molar-refractivity contribution is 7.90. The molecule has 0 aliphatic carbocycles. The zero-order valence-corrected chi connectivity index (χ0v) is 25.4. The third-order valence-corrected chi connectivity index (χ3v) is 8.47. The van der Waals surface area contributed by atoms with Crippen LogP contribution in [0.2, 0.25) is 0 Å². The van der Waals surface area contributed by atoms with Gasteiger partial charge in [-0.3, -0.25) is 4.98 Å². The van der Waals surface area contributed by atoms with Crippen LogP contribution in [0.3, 0.4) is 0 Å². The average molecular weight is 615 g/mol. The third kappa shape index (κ3) is 9.45. The lowest BCUT2D eigenvalue weighted by Gasteiger charge is -2.32. The highest BCUT2D eigenvalue weighted by Crippen LogP contribution is 2.27. The van der Waals surface area contributed by atoms with Crippen LogP contribution in [0, 0.1) is 23.2 Å². The minimum absolute atomic E-state index is 0.163. The topological polar surface area (TPSA) is 103 Å². The molecule has 3 aromatic rings. The second kappa shape index (κ2) is 13.4. The molecule has 12 heteroatoms. The lowest BCUT2D eigenvalue weighted by atomic mass is 9.91. The van der Waals surface area contributed by atoms with Crippen molar-refractivity contribution in [1.82, 2.24) is 19.8 Å². The van der Waals surface area contributed by atoms with E-state index in [1.165, 1.54) is 10.8 Å². The minimum Gasteiger partial charge on any atom is -0.373 e. The Morgan fingerprint density at radius 1 is 1.12 bits per heavy atom. The number of aromatic nitrogens is 2. The predicted octanol–water partition coefficient (Wildman–Crippen LogP) is 4.46. The number of alkyl halides is 3. The number of nitriles is 1. The maximum Gasteiger partial charge on any atom is 0.406 e. The van der Waals surface area contributed by atoms with Gasteiger partial charge in [-0.2, -0.15) is 18.4 Å². The second-order valence-corrected chi connectivity index (χ2v) is 13.8. The Hall–Kier alpha value is -3.58. The number of piperidine rings is 1. The molecule has 2 aromatic heterocycles. The number of anilines is 1. The van der Waals surface area contributed by atoms with E-state index in [1.807, 2.05) is 12.1 Å². The van der Waals surface area contributed by atoms with E-state index in [1.54, 1.807) is 44.3 Å². The third-order valence-electron chi connectivity index (χ3n) is 7.54. The van der Waals surface area contributed by atoms with Crippen molar-refractivity contribution in [3.05, 3.63) is 59.5 Å². The second-order valence-electron chi connectivity index (χ2n) is 11.6. The van der Waals surface area contributed by atoms with Gasteiger partial charge in [0.2, 0.25) is 0 Å². The van der Waals surface area contributed by atoms with Gasteiger partial charge in [-0.05, 0) is 81.6 Å². The molecule has 0 atom stereocenters. The van der Waals surface area contributed by atoms with Gasteiger partial charge in [0, 0.05) is 36.3 Å². The number of halogens is 3. The SMILES string of the molecule is CC(C)(C#N)c1ccc(NCC#Cc2cc3cc(CNC4CCN(CCS(C)(=O)=O)CC4)ccc3n2CC(F)(F)F)cn1. The van der Waals surface area contributed by atoms with Crippen LogP contribution in [0.25, 0.3) is 10.9 Å². The van der Waals surface area contributed by atoms with E-state index in [2.05, 4.69) is 38.4 Å². The van der Waals surface area contributed by atoms with Crippen LogP contribution in [0.4, 0.5) is 18.9 Å². The van der Waals surface area contributed by atoms with Crippen molar-refractivity contribution in [2.45, 2.75) is 57.4 Å². The maximum absolute atomic E-state index is 13.5. The molecule has 2 N–H and O–H groups in total. The van der Waals surface area contributed by atoms with Crippen LogP contribution in [0.1, 0.15) is 43.6 Å². The van der Waals surface area contributed by atoms with Crippen molar-refractivity contribution in [1.29, 1.82) is 5.26 Å². The van der Waals surface area contributed by atoms with Gasteiger partial charge in [0.05, 0.1) is 47.1 Å². The normalized spacial score (nSPS) is 15.2. The number of nitrogens with one attached hydrogen (secondary N) is 2. The van der Waals surface area contributed by atoms with E-state index in [4.69, 9.17) is 0 Å². The molecular weight excluding hydrogens is 577 g/mol. The molecule has 0 radical (unpaired) electrons. The first-order valence-electron chi connectivity index (χ1n) is 14.2. The molecule has 4 rings (SSSR count). The quantitative estimate of drug-likeness (QED) is 0.325. The highest BCUT2D eigenvalue weighted by Gasteiger charge is 2.29. The number of fused-ring (bicyclic) bond motifs is 1. The van der Waals surface area contributed by atoms with Crippen molar-refractivity contribution in [2.24, 2.45) is 0 Å². The molecule has 1 saturated heterocycles. The van der Waals surface area contributed by atoms with Gasteiger partial charge in [0.1, 0.15) is 16.4 Å². The molecule has 0 amide bonds. The first-order chi connectivity index (χ1) is 20.2. The largest absolute Gasteiger partial charge is 0.406 e. The lowest BCUT2D eigenvalue weighted by Crippen LogP contribution is -2.43. The average Bonchev–Trinajstić information content (AvgIpc) is 3.28. The summed E-state index contributed by atoms with van der Waals surface area (Å²) in [7, 11) is -2.98. The van der Waals surface area contributed by atoms with E-state index in [0.29, 0.717) is 35.4 Å². The summed E-state index contributed by atoms with van der Waals surface area (Å²) in [6.07, 6.45) is 0.261. The molecule has 8 nitrogen and oxygen atoms in total. The van der Waals surface area contributed by atoms with Gasteiger partial charge in [-0.25, -0.2) is 8.42 Å². The van der Waals surface area contributed by atoms with E-state index in [0.717, 1.165) is 31.5 Å². The molecule has 43 heavy (non-hydrogen) atoms. The van der Waals surface area contributed by atoms with E-state index < -0.39 is 28.0 Å². The summed E-state index contributed by atoms with van der Waals surface area (Å²) in [4.78, 5) is 6.49. The molecule has 0 bridgehead atoms. The molecule has 230 valence electrons. The molecule has 0 spiro atoms. The maximum atomic E-state index is 13.5. The first-order valence-corrected chi connectivity index (χ1v) is 16.2. The van der Waals surface area contributed by atoms with Gasteiger partial charge in [0.15, 0.2) is 0 Å².